The summed E-state index contributed by atoms with van der Waals surface area (Å²) >= 11 is 0. The Kier molecular flexibility index (Phi) is 11.3. The molecule has 3 aromatic heterocycles. The van der Waals surface area contributed by atoms with Gasteiger partial charge in [-0.1, -0.05) is 44.1 Å². The normalized spacial score (nSPS) is 15.9. The molecule has 7 aromatic rings. The standard InChI is InChI=1S/C58H47F4N15O/c1-66-19-22-71(32-66)46-28-50(73-24-21-68(3)34-73)53(30-48(46)76-35-69(4)42-13-6-8-15-44(42)76)78-54-31-49(77-36-70(5)43-14-7-9-16-45(43)77)47(72-23-20-67(2)33-72)29-51(54)74-25-26-75(37-74)52-27-39(57(61)65-58(52)62)41-12-10-11-40(63-41)38-17-18-55(59)64-56(38)60/h6-31H,33-34,37H2,1-5H3/q+6. The maximum atomic E-state index is 16.2. The van der Waals surface area contributed by atoms with E-state index in [1.54, 1.807) is 23.4 Å². The Balaban J connectivity index is 0.975. The lowest BCUT2D eigenvalue weighted by Crippen LogP contribution is -2.27. The summed E-state index contributed by atoms with van der Waals surface area (Å²) in [6, 6.07) is 43.0. The molecule has 0 saturated carbocycles. The summed E-state index contributed by atoms with van der Waals surface area (Å²) in [6.45, 7) is 1.09. The van der Waals surface area contributed by atoms with Crippen LogP contribution >= 0.6 is 0 Å². The van der Waals surface area contributed by atoms with Gasteiger partial charge in [0.1, 0.15) is 5.69 Å². The van der Waals surface area contributed by atoms with Crippen LogP contribution in [-0.4, -0.2) is 116 Å². The summed E-state index contributed by atoms with van der Waals surface area (Å²) in [5.41, 5.74) is 8.13. The van der Waals surface area contributed by atoms with Crippen molar-refractivity contribution in [1.82, 2.24) is 33.9 Å². The largest absolute Gasteiger partial charge is 0.496 e. The Hall–Kier alpha value is -10.3. The molecule has 6 aliphatic heterocycles. The fourth-order valence-corrected chi connectivity index (χ4v) is 10.2. The number of aromatic nitrogens is 3. The third-order valence-corrected chi connectivity index (χ3v) is 14.0. The monoisotopic (exact) mass is 1050 g/mol. The predicted molar refractivity (Wildman–Crippen MR) is 289 cm³/mol. The molecule has 9 heterocycles. The quantitative estimate of drug-likeness (QED) is 0.0710. The third kappa shape index (κ3) is 8.25. The van der Waals surface area contributed by atoms with Gasteiger partial charge >= 0.3 is 29.4 Å². The molecule has 4 aromatic carbocycles. The Morgan fingerprint density at radius 2 is 1.00 bits per heavy atom. The first-order valence-electron chi connectivity index (χ1n) is 24.8. The van der Waals surface area contributed by atoms with Crippen LogP contribution in [0.4, 0.5) is 80.1 Å². The summed E-state index contributed by atoms with van der Waals surface area (Å²) in [4.78, 5) is 23.4. The van der Waals surface area contributed by atoms with E-state index in [1.165, 1.54) is 24.3 Å². The van der Waals surface area contributed by atoms with Gasteiger partial charge in [-0.15, -0.1) is 0 Å². The van der Waals surface area contributed by atoms with Crippen molar-refractivity contribution in [2.45, 2.75) is 0 Å². The third-order valence-electron chi connectivity index (χ3n) is 14.0. The minimum Gasteiger partial charge on any atom is -0.452 e. The maximum Gasteiger partial charge on any atom is 0.496 e. The van der Waals surface area contributed by atoms with Crippen LogP contribution in [0.15, 0.2) is 159 Å². The Labute approximate surface area is 445 Å². The zero-order valence-electron chi connectivity index (χ0n) is 42.8. The van der Waals surface area contributed by atoms with E-state index in [-0.39, 0.29) is 34.9 Å². The Morgan fingerprint density at radius 1 is 0.449 bits per heavy atom. The number of halogens is 4. The van der Waals surface area contributed by atoms with Crippen molar-refractivity contribution < 1.29 is 40.6 Å². The molecule has 382 valence electrons. The highest BCUT2D eigenvalue weighted by atomic mass is 19.1. The molecule has 78 heavy (non-hydrogen) atoms. The van der Waals surface area contributed by atoms with Crippen LogP contribution < -0.4 is 33.5 Å². The summed E-state index contributed by atoms with van der Waals surface area (Å²) in [5.74, 6) is -3.31. The van der Waals surface area contributed by atoms with Crippen LogP contribution in [0.5, 0.6) is 11.5 Å². The first-order valence-corrected chi connectivity index (χ1v) is 24.8. The molecule has 0 atom stereocenters. The van der Waals surface area contributed by atoms with Crippen molar-refractivity contribution in [3.8, 4) is 34.0 Å². The lowest BCUT2D eigenvalue weighted by molar-refractivity contribution is -0.429. The van der Waals surface area contributed by atoms with E-state index in [9.17, 15) is 8.78 Å². The van der Waals surface area contributed by atoms with Crippen LogP contribution in [0.3, 0.4) is 0 Å². The highest BCUT2D eigenvalue weighted by Crippen LogP contribution is 2.50. The maximum absolute atomic E-state index is 16.2. The van der Waals surface area contributed by atoms with Crippen molar-refractivity contribution in [3.63, 3.8) is 0 Å². The number of rotatable bonds is 11. The molecule has 0 N–H and O–H groups in total. The van der Waals surface area contributed by atoms with Crippen LogP contribution in [-0.2, 0) is 0 Å². The number of pyridine rings is 3. The van der Waals surface area contributed by atoms with Crippen molar-refractivity contribution in [2.75, 3.05) is 74.8 Å². The van der Waals surface area contributed by atoms with Gasteiger partial charge < -0.3 is 34.1 Å². The number of benzene rings is 4. The number of nitrogens with zero attached hydrogens (tertiary/aromatic N) is 15. The number of hydrogen-bond acceptors (Lipinski definition) is 10. The first-order chi connectivity index (χ1) is 37.8. The molecule has 0 spiro atoms. The zero-order chi connectivity index (χ0) is 53.5. The van der Waals surface area contributed by atoms with Crippen molar-refractivity contribution in [2.24, 2.45) is 0 Å². The van der Waals surface area contributed by atoms with Crippen LogP contribution in [0.1, 0.15) is 0 Å². The van der Waals surface area contributed by atoms with E-state index < -0.39 is 23.8 Å². The zero-order valence-corrected chi connectivity index (χ0v) is 42.8. The van der Waals surface area contributed by atoms with Crippen molar-refractivity contribution >= 4 is 80.6 Å². The minimum absolute atomic E-state index is 0.0278. The summed E-state index contributed by atoms with van der Waals surface area (Å²) in [5, 5.41) is 0. The fourth-order valence-electron chi connectivity index (χ4n) is 10.2. The number of anilines is 4. The van der Waals surface area contributed by atoms with Gasteiger partial charge in [0.05, 0.1) is 71.7 Å². The van der Waals surface area contributed by atoms with E-state index in [0.717, 1.165) is 57.3 Å². The van der Waals surface area contributed by atoms with Crippen LogP contribution in [0.2, 0.25) is 0 Å². The lowest BCUT2D eigenvalue weighted by Gasteiger charge is -2.27. The number of hydrogen-bond donors (Lipinski definition) is 0. The summed E-state index contributed by atoms with van der Waals surface area (Å²) < 4.78 is 80.0. The minimum atomic E-state index is -1.12. The van der Waals surface area contributed by atoms with Gasteiger partial charge in [0.25, 0.3) is 34.6 Å². The van der Waals surface area contributed by atoms with Gasteiger partial charge in [0.15, 0.2) is 32.6 Å². The van der Waals surface area contributed by atoms with E-state index in [4.69, 9.17) is 4.74 Å². The lowest BCUT2D eigenvalue weighted by atomic mass is 10.1. The average molecular weight is 1050 g/mol. The first kappa shape index (κ1) is 47.5. The molecule has 0 saturated heterocycles. The Bertz CT molecular complexity index is 4130. The Morgan fingerprint density at radius 3 is 1.62 bits per heavy atom. The van der Waals surface area contributed by atoms with Crippen LogP contribution in [0.25, 0.3) is 22.5 Å². The SMILES string of the molecule is CN1C=CN(c2cc([N+]3=C=[N+](C)C=C3)c([N+]3=C=[N+](C)c4ccccc43)cc2Oc2cc([N+]3=C=[N+](C)c4ccccc43)c(N3C=CN(C)C3)cc2N2C=CN(c3cc(-c4cccc(-c5ccc(F)nc5F)n4)c(F)nc3F)C2)C1. The van der Waals surface area contributed by atoms with E-state index in [1.807, 2.05) is 147 Å². The van der Waals surface area contributed by atoms with E-state index in [2.05, 4.69) is 82.9 Å². The molecule has 0 bridgehead atoms. The van der Waals surface area contributed by atoms with E-state index in [0.29, 0.717) is 30.5 Å². The smallest absolute Gasteiger partial charge is 0.452 e. The highest BCUT2D eigenvalue weighted by Gasteiger charge is 2.42. The summed E-state index contributed by atoms with van der Waals surface area (Å²) in [7, 11) is 9.86. The van der Waals surface area contributed by atoms with E-state index >= 15 is 8.78 Å². The molecule has 0 unspecified atom stereocenters. The number of ether oxygens (including phenoxy) is 1. The molecule has 6 aliphatic rings. The molecule has 16 nitrogen and oxygen atoms in total. The number of fused-ring (bicyclic) bond motifs is 2. The van der Waals surface area contributed by atoms with Gasteiger partial charge in [0.2, 0.25) is 30.0 Å². The fraction of sp³-hybridized carbons (Fsp3) is 0.138. The predicted octanol–water partition coefficient (Wildman–Crippen LogP) is 10.2. The molecule has 0 fully saturated rings. The molecular weight excluding hydrogens is 999 g/mol. The van der Waals surface area contributed by atoms with Gasteiger partial charge in [-0.05, 0) is 50.1 Å². The second-order valence-electron chi connectivity index (χ2n) is 19.3. The van der Waals surface area contributed by atoms with Crippen molar-refractivity contribution in [3.05, 3.63) is 183 Å². The van der Waals surface area contributed by atoms with Crippen molar-refractivity contribution in [1.29, 1.82) is 0 Å². The number of para-hydroxylation sites is 4. The highest BCUT2D eigenvalue weighted by molar-refractivity contribution is 5.88. The van der Waals surface area contributed by atoms with Crippen LogP contribution in [0, 0.1) is 23.8 Å². The second kappa shape index (κ2) is 18.5. The van der Waals surface area contributed by atoms with Gasteiger partial charge in [0, 0.05) is 81.6 Å². The van der Waals surface area contributed by atoms with Gasteiger partial charge in [-0.2, -0.15) is 27.5 Å². The van der Waals surface area contributed by atoms with Gasteiger partial charge in [-0.3, -0.25) is 0 Å². The molecule has 0 aliphatic carbocycles. The molecular formula is C58H47F4N15O+6. The topological polar surface area (TPSA) is 85.4 Å². The molecule has 13 rings (SSSR count). The second-order valence-corrected chi connectivity index (χ2v) is 19.3. The van der Waals surface area contributed by atoms with Gasteiger partial charge in [-0.25, -0.2) is 4.98 Å². The average Bonchev–Trinajstić information content (AvgIpc) is 4.39. The molecule has 0 amide bonds. The molecule has 0 radical (unpaired) electrons. The summed E-state index contributed by atoms with van der Waals surface area (Å²) in [6.07, 6.45) is 15.4. The molecule has 20 heteroatoms.